The van der Waals surface area contributed by atoms with Crippen molar-refractivity contribution in [2.45, 2.75) is 19.4 Å². The third-order valence-corrected chi connectivity index (χ3v) is 4.70. The monoisotopic (exact) mass is 359 g/mol. The second-order valence-electron chi connectivity index (χ2n) is 6.59. The van der Waals surface area contributed by atoms with Crippen LogP contribution in [0.3, 0.4) is 0 Å². The number of ether oxygens (including phenoxy) is 1. The third-order valence-electron chi connectivity index (χ3n) is 4.70. The van der Waals surface area contributed by atoms with Gasteiger partial charge in [0.25, 0.3) is 0 Å². The zero-order valence-corrected chi connectivity index (χ0v) is 15.1. The molecular weight excluding hydrogens is 338 g/mol. The van der Waals surface area contributed by atoms with Gasteiger partial charge < -0.3 is 14.6 Å². The van der Waals surface area contributed by atoms with E-state index in [2.05, 4.69) is 16.4 Å². The van der Waals surface area contributed by atoms with Crippen LogP contribution in [0.15, 0.2) is 67.3 Å². The van der Waals surface area contributed by atoms with E-state index in [4.69, 9.17) is 4.74 Å². The predicted molar refractivity (Wildman–Crippen MR) is 105 cm³/mol. The summed E-state index contributed by atoms with van der Waals surface area (Å²) in [6, 6.07) is 14.0. The molecule has 1 N–H and O–H groups in total. The maximum absolute atomic E-state index is 12.3. The lowest BCUT2D eigenvalue weighted by Gasteiger charge is -2.13. The molecule has 3 aromatic rings. The number of fused-ring (bicyclic) bond motifs is 1. The van der Waals surface area contributed by atoms with E-state index < -0.39 is 0 Å². The molecule has 1 aromatic heterocycles. The van der Waals surface area contributed by atoms with Gasteiger partial charge in [0.1, 0.15) is 5.75 Å². The van der Waals surface area contributed by atoms with Gasteiger partial charge in [0.15, 0.2) is 0 Å². The lowest BCUT2D eigenvalue weighted by atomic mass is 10.1. The Hall–Kier alpha value is -3.34. The molecule has 0 spiro atoms. The smallest absolute Gasteiger partial charge is 0.244 e. The van der Waals surface area contributed by atoms with Crippen molar-refractivity contribution in [2.24, 2.45) is 0 Å². The van der Waals surface area contributed by atoms with Gasteiger partial charge >= 0.3 is 0 Å². The van der Waals surface area contributed by atoms with E-state index in [1.165, 1.54) is 5.56 Å². The SMILES string of the molecule is CC(NC(=O)/C=C/c1ccc2c(c1)CCO2)c1ccc(-n2ccnc2)cc1. The Balaban J connectivity index is 1.37. The highest BCUT2D eigenvalue weighted by Crippen LogP contribution is 2.26. The fraction of sp³-hybridized carbons (Fsp3) is 0.182. The van der Waals surface area contributed by atoms with Crippen LogP contribution in [0.2, 0.25) is 0 Å². The molecular formula is C22H21N3O2. The molecule has 4 rings (SSSR count). The second kappa shape index (κ2) is 7.50. The minimum absolute atomic E-state index is 0.0765. The molecule has 5 heteroatoms. The highest BCUT2D eigenvalue weighted by atomic mass is 16.5. The van der Waals surface area contributed by atoms with Crippen LogP contribution in [0.4, 0.5) is 0 Å². The molecule has 0 saturated carbocycles. The van der Waals surface area contributed by atoms with Crippen molar-refractivity contribution in [2.75, 3.05) is 6.61 Å². The average Bonchev–Trinajstić information content (AvgIpc) is 3.38. The Labute approximate surface area is 158 Å². The highest BCUT2D eigenvalue weighted by Gasteiger charge is 2.11. The number of carbonyl (C=O) groups is 1. The standard InChI is InChI=1S/C22H21N3O2/c1-16(18-4-6-20(7-5-18)25-12-11-23-15-25)24-22(26)9-3-17-2-8-21-19(14-17)10-13-27-21/h2-9,11-12,14-16H,10,13H2,1H3,(H,24,26)/b9-3+. The molecule has 0 radical (unpaired) electrons. The lowest BCUT2D eigenvalue weighted by molar-refractivity contribution is -0.117. The first-order valence-corrected chi connectivity index (χ1v) is 9.01. The Morgan fingerprint density at radius 2 is 2.11 bits per heavy atom. The molecule has 0 saturated heterocycles. The van der Waals surface area contributed by atoms with Crippen molar-refractivity contribution in [3.8, 4) is 11.4 Å². The Kier molecular flexibility index (Phi) is 4.75. The van der Waals surface area contributed by atoms with Gasteiger partial charge in [0.2, 0.25) is 5.91 Å². The number of nitrogens with zero attached hydrogens (tertiary/aromatic N) is 2. The Bertz CT molecular complexity index is 960. The van der Waals surface area contributed by atoms with E-state index in [0.717, 1.165) is 35.6 Å². The van der Waals surface area contributed by atoms with Gasteiger partial charge in [-0.05, 0) is 54.0 Å². The molecule has 1 aliphatic heterocycles. The summed E-state index contributed by atoms with van der Waals surface area (Å²) in [7, 11) is 0. The van der Waals surface area contributed by atoms with Crippen LogP contribution in [0, 0.1) is 0 Å². The van der Waals surface area contributed by atoms with Gasteiger partial charge in [0, 0.05) is 30.6 Å². The first-order chi connectivity index (χ1) is 13.2. The van der Waals surface area contributed by atoms with Gasteiger partial charge in [-0.15, -0.1) is 0 Å². The summed E-state index contributed by atoms with van der Waals surface area (Å²) < 4.78 is 7.45. The van der Waals surface area contributed by atoms with E-state index in [9.17, 15) is 4.79 Å². The van der Waals surface area contributed by atoms with E-state index in [1.807, 2.05) is 60.2 Å². The largest absolute Gasteiger partial charge is 0.493 e. The zero-order chi connectivity index (χ0) is 18.6. The van der Waals surface area contributed by atoms with Gasteiger partial charge in [-0.1, -0.05) is 18.2 Å². The first-order valence-electron chi connectivity index (χ1n) is 9.01. The minimum Gasteiger partial charge on any atom is -0.493 e. The molecule has 1 atom stereocenters. The number of carbonyl (C=O) groups excluding carboxylic acids is 1. The van der Waals surface area contributed by atoms with Crippen LogP contribution in [-0.2, 0) is 11.2 Å². The van der Waals surface area contributed by atoms with Crippen molar-refractivity contribution < 1.29 is 9.53 Å². The number of rotatable bonds is 5. The zero-order valence-electron chi connectivity index (χ0n) is 15.1. The summed E-state index contributed by atoms with van der Waals surface area (Å²) in [5, 5.41) is 3.00. The number of amides is 1. The van der Waals surface area contributed by atoms with Crippen molar-refractivity contribution in [3.63, 3.8) is 0 Å². The third kappa shape index (κ3) is 3.92. The summed E-state index contributed by atoms with van der Waals surface area (Å²) in [6.45, 7) is 2.71. The Morgan fingerprint density at radius 1 is 1.26 bits per heavy atom. The van der Waals surface area contributed by atoms with Crippen LogP contribution in [0.1, 0.15) is 29.7 Å². The van der Waals surface area contributed by atoms with Crippen LogP contribution < -0.4 is 10.1 Å². The number of hydrogen-bond donors (Lipinski definition) is 1. The first kappa shape index (κ1) is 17.1. The molecule has 5 nitrogen and oxygen atoms in total. The molecule has 1 unspecified atom stereocenters. The number of hydrogen-bond acceptors (Lipinski definition) is 3. The summed E-state index contributed by atoms with van der Waals surface area (Å²) in [5.41, 5.74) is 4.29. The average molecular weight is 359 g/mol. The van der Waals surface area contributed by atoms with E-state index in [-0.39, 0.29) is 11.9 Å². The van der Waals surface area contributed by atoms with Gasteiger partial charge in [-0.25, -0.2) is 4.98 Å². The highest BCUT2D eigenvalue weighted by molar-refractivity contribution is 5.92. The molecule has 1 aliphatic rings. The normalized spacial score (nSPS) is 14.0. The number of benzene rings is 2. The number of aromatic nitrogens is 2. The summed E-state index contributed by atoms with van der Waals surface area (Å²) in [6.07, 6.45) is 9.75. The molecule has 0 fully saturated rings. The van der Waals surface area contributed by atoms with Gasteiger partial charge in [-0.2, -0.15) is 0 Å². The fourth-order valence-electron chi connectivity index (χ4n) is 3.17. The molecule has 27 heavy (non-hydrogen) atoms. The quantitative estimate of drug-likeness (QED) is 0.707. The van der Waals surface area contributed by atoms with E-state index in [0.29, 0.717) is 0 Å². The van der Waals surface area contributed by atoms with Crippen LogP contribution in [0.5, 0.6) is 5.75 Å². The minimum atomic E-state index is -0.113. The van der Waals surface area contributed by atoms with E-state index in [1.54, 1.807) is 18.6 Å². The van der Waals surface area contributed by atoms with Crippen molar-refractivity contribution in [3.05, 3.63) is 84.0 Å². The number of imidazole rings is 1. The van der Waals surface area contributed by atoms with Crippen molar-refractivity contribution >= 4 is 12.0 Å². The van der Waals surface area contributed by atoms with E-state index >= 15 is 0 Å². The summed E-state index contributed by atoms with van der Waals surface area (Å²) in [5.74, 6) is 0.835. The molecule has 0 bridgehead atoms. The maximum Gasteiger partial charge on any atom is 0.244 e. The van der Waals surface area contributed by atoms with Crippen molar-refractivity contribution in [1.29, 1.82) is 0 Å². The summed E-state index contributed by atoms with van der Waals surface area (Å²) in [4.78, 5) is 16.3. The topological polar surface area (TPSA) is 56.1 Å². The number of nitrogens with one attached hydrogen (secondary N) is 1. The molecule has 2 aromatic carbocycles. The van der Waals surface area contributed by atoms with Gasteiger partial charge in [-0.3, -0.25) is 4.79 Å². The molecule has 1 amide bonds. The molecule has 2 heterocycles. The van der Waals surface area contributed by atoms with Crippen LogP contribution in [-0.4, -0.2) is 22.1 Å². The fourth-order valence-corrected chi connectivity index (χ4v) is 3.17. The predicted octanol–water partition coefficient (Wildman–Crippen LogP) is 3.70. The lowest BCUT2D eigenvalue weighted by Crippen LogP contribution is -2.24. The maximum atomic E-state index is 12.3. The van der Waals surface area contributed by atoms with Crippen molar-refractivity contribution in [1.82, 2.24) is 14.9 Å². The van der Waals surface area contributed by atoms with Gasteiger partial charge in [0.05, 0.1) is 19.0 Å². The van der Waals surface area contributed by atoms with Crippen LogP contribution >= 0.6 is 0 Å². The summed E-state index contributed by atoms with van der Waals surface area (Å²) >= 11 is 0. The van der Waals surface area contributed by atoms with Crippen LogP contribution in [0.25, 0.3) is 11.8 Å². The second-order valence-corrected chi connectivity index (χ2v) is 6.59. The molecule has 0 aliphatic carbocycles. The molecule has 136 valence electrons. The Morgan fingerprint density at radius 3 is 2.89 bits per heavy atom.